The number of nitro benzene ring substituents is 1. The normalized spacial score (nSPS) is 13.3. The van der Waals surface area contributed by atoms with E-state index in [0.717, 1.165) is 23.6 Å². The Hall–Kier alpha value is -4.48. The van der Waals surface area contributed by atoms with E-state index >= 15 is 0 Å². The molecule has 0 fully saturated rings. The van der Waals surface area contributed by atoms with Gasteiger partial charge in [-0.2, -0.15) is 5.10 Å². The predicted octanol–water partition coefficient (Wildman–Crippen LogP) is 4.84. The maximum atomic E-state index is 11.8. The van der Waals surface area contributed by atoms with E-state index in [1.807, 2.05) is 41.8 Å². The topological polar surface area (TPSA) is 131 Å². The number of anilines is 1. The molecule has 0 atom stereocenters. The van der Waals surface area contributed by atoms with Crippen molar-refractivity contribution in [1.29, 1.82) is 0 Å². The van der Waals surface area contributed by atoms with Crippen LogP contribution in [0.4, 0.5) is 11.4 Å². The molecule has 5 rings (SSSR count). The number of ether oxygens (including phenoxy) is 1. The summed E-state index contributed by atoms with van der Waals surface area (Å²) in [5, 5.41) is 31.0. The van der Waals surface area contributed by atoms with E-state index in [9.17, 15) is 20.0 Å². The largest absolute Gasteiger partial charge is 0.502 e. The van der Waals surface area contributed by atoms with Gasteiger partial charge in [0.25, 0.3) is 5.91 Å². The second-order valence-electron chi connectivity index (χ2n) is 8.24. The highest BCUT2D eigenvalue weighted by Gasteiger charge is 2.19. The number of hydrogen-bond acceptors (Lipinski definition) is 8. The van der Waals surface area contributed by atoms with Gasteiger partial charge in [-0.25, -0.2) is 4.68 Å². The minimum Gasteiger partial charge on any atom is -0.502 e. The summed E-state index contributed by atoms with van der Waals surface area (Å²) in [5.41, 5.74) is 2.62. The van der Waals surface area contributed by atoms with Crippen molar-refractivity contribution in [3.63, 3.8) is 0 Å². The molecule has 1 amide bonds. The summed E-state index contributed by atoms with van der Waals surface area (Å²) in [7, 11) is 0. The molecule has 12 heteroatoms. The van der Waals surface area contributed by atoms with Crippen molar-refractivity contribution in [1.82, 2.24) is 4.68 Å². The first kappa shape index (κ1) is 25.2. The van der Waals surface area contributed by atoms with Crippen molar-refractivity contribution in [2.45, 2.75) is 6.42 Å². The molecule has 10 nitrogen and oxygen atoms in total. The van der Waals surface area contributed by atoms with Gasteiger partial charge in [-0.3, -0.25) is 19.9 Å². The monoisotopic (exact) mass is 549 g/mol. The molecule has 0 radical (unpaired) electrons. The standard InChI is InChI=1S/C26H20ClN5O5S/c27-19-10-18(25(34)21(12-19)32(35)36)13-29-31-22(17-6-7-23-20(11-17)30-24(33)14-37-23)15-38-26(31)28-9-8-16-4-2-1-3-5-16/h1-7,10-13,15,34H,8-9,14H2,(H,30,33). The second kappa shape index (κ2) is 10.9. The molecule has 0 spiro atoms. The van der Waals surface area contributed by atoms with E-state index in [4.69, 9.17) is 21.3 Å². The van der Waals surface area contributed by atoms with E-state index in [-0.39, 0.29) is 23.1 Å². The summed E-state index contributed by atoms with van der Waals surface area (Å²) in [6, 6.07) is 17.8. The molecule has 4 aromatic rings. The Balaban J connectivity index is 1.56. The number of halogens is 1. The maximum absolute atomic E-state index is 11.8. The molecule has 2 heterocycles. The Morgan fingerprint density at radius 2 is 2.03 bits per heavy atom. The number of thiazole rings is 1. The number of nitrogens with zero attached hydrogens (tertiary/aromatic N) is 4. The molecule has 1 aromatic heterocycles. The van der Waals surface area contributed by atoms with Crippen LogP contribution in [0.2, 0.25) is 5.02 Å². The number of nitro groups is 1. The third-order valence-electron chi connectivity index (χ3n) is 5.68. The highest BCUT2D eigenvalue weighted by atomic mass is 35.5. The number of aromatic hydroxyl groups is 1. The average Bonchev–Trinajstić information content (AvgIpc) is 3.31. The van der Waals surface area contributed by atoms with Crippen LogP contribution in [0.5, 0.6) is 11.5 Å². The second-order valence-corrected chi connectivity index (χ2v) is 9.52. The minimum absolute atomic E-state index is 0.0468. The zero-order valence-corrected chi connectivity index (χ0v) is 21.3. The smallest absolute Gasteiger partial charge is 0.312 e. The number of amides is 1. The van der Waals surface area contributed by atoms with Crippen LogP contribution in [0.25, 0.3) is 11.3 Å². The predicted molar refractivity (Wildman–Crippen MR) is 145 cm³/mol. The molecule has 0 saturated heterocycles. The van der Waals surface area contributed by atoms with Crippen molar-refractivity contribution >= 4 is 46.4 Å². The lowest BCUT2D eigenvalue weighted by molar-refractivity contribution is -0.385. The van der Waals surface area contributed by atoms with Gasteiger partial charge < -0.3 is 15.2 Å². The van der Waals surface area contributed by atoms with Gasteiger partial charge in [0.2, 0.25) is 10.6 Å². The van der Waals surface area contributed by atoms with E-state index in [2.05, 4.69) is 10.4 Å². The van der Waals surface area contributed by atoms with Crippen LogP contribution in [0.15, 0.2) is 76.1 Å². The summed E-state index contributed by atoms with van der Waals surface area (Å²) in [6.45, 7) is 0.455. The Morgan fingerprint density at radius 3 is 2.82 bits per heavy atom. The fraction of sp³-hybridized carbons (Fsp3) is 0.115. The van der Waals surface area contributed by atoms with Gasteiger partial charge in [-0.05, 0) is 36.2 Å². The molecule has 38 heavy (non-hydrogen) atoms. The van der Waals surface area contributed by atoms with Crippen LogP contribution < -0.4 is 14.9 Å². The molecule has 1 aliphatic rings. The Kier molecular flexibility index (Phi) is 7.20. The van der Waals surface area contributed by atoms with E-state index < -0.39 is 16.4 Å². The molecule has 0 unspecified atom stereocenters. The average molecular weight is 550 g/mol. The van der Waals surface area contributed by atoms with E-state index in [0.29, 0.717) is 28.5 Å². The Labute approximate surface area is 225 Å². The number of aromatic nitrogens is 1. The third kappa shape index (κ3) is 5.43. The van der Waals surface area contributed by atoms with Gasteiger partial charge in [0.1, 0.15) is 5.75 Å². The number of nitrogens with one attached hydrogen (secondary N) is 1. The zero-order chi connectivity index (χ0) is 26.6. The van der Waals surface area contributed by atoms with Gasteiger partial charge in [0, 0.05) is 34.1 Å². The van der Waals surface area contributed by atoms with Crippen LogP contribution in [0.1, 0.15) is 11.1 Å². The molecular formula is C26H20ClN5O5S. The fourth-order valence-electron chi connectivity index (χ4n) is 3.85. The highest BCUT2D eigenvalue weighted by Crippen LogP contribution is 2.34. The molecule has 2 N–H and O–H groups in total. The molecule has 192 valence electrons. The summed E-state index contributed by atoms with van der Waals surface area (Å²) < 4.78 is 7.04. The molecule has 1 aliphatic heterocycles. The highest BCUT2D eigenvalue weighted by molar-refractivity contribution is 7.07. The lowest BCUT2D eigenvalue weighted by Gasteiger charge is -2.18. The van der Waals surface area contributed by atoms with Crippen LogP contribution >= 0.6 is 22.9 Å². The first-order valence-corrected chi connectivity index (χ1v) is 12.7. The number of phenols is 1. The number of rotatable bonds is 7. The van der Waals surface area contributed by atoms with Crippen molar-refractivity contribution in [2.24, 2.45) is 10.1 Å². The number of phenolic OH excluding ortho intramolecular Hbond substituents is 1. The van der Waals surface area contributed by atoms with Gasteiger partial charge >= 0.3 is 5.69 Å². The molecule has 0 saturated carbocycles. The van der Waals surface area contributed by atoms with Crippen molar-refractivity contribution in [2.75, 3.05) is 18.5 Å². The number of fused-ring (bicyclic) bond motifs is 1. The summed E-state index contributed by atoms with van der Waals surface area (Å²) in [4.78, 5) is 27.7. The maximum Gasteiger partial charge on any atom is 0.312 e. The Morgan fingerprint density at radius 1 is 1.21 bits per heavy atom. The van der Waals surface area contributed by atoms with Crippen molar-refractivity contribution < 1.29 is 19.6 Å². The lowest BCUT2D eigenvalue weighted by Crippen LogP contribution is -2.25. The van der Waals surface area contributed by atoms with Gasteiger partial charge in [0.15, 0.2) is 6.61 Å². The molecular weight excluding hydrogens is 530 g/mol. The quantitative estimate of drug-likeness (QED) is 0.193. The first-order valence-electron chi connectivity index (χ1n) is 11.4. The van der Waals surface area contributed by atoms with Gasteiger partial charge in [0.05, 0.1) is 22.5 Å². The van der Waals surface area contributed by atoms with Gasteiger partial charge in [-0.1, -0.05) is 41.9 Å². The van der Waals surface area contributed by atoms with Crippen LogP contribution in [-0.4, -0.2) is 40.0 Å². The molecule has 0 aliphatic carbocycles. The third-order valence-corrected chi connectivity index (χ3v) is 6.75. The summed E-state index contributed by atoms with van der Waals surface area (Å²) in [6.07, 6.45) is 2.02. The lowest BCUT2D eigenvalue weighted by atomic mass is 10.1. The first-order chi connectivity index (χ1) is 18.4. The van der Waals surface area contributed by atoms with Crippen molar-refractivity contribution in [3.05, 3.63) is 97.1 Å². The number of carbonyl (C=O) groups excluding carboxylic acids is 1. The number of benzene rings is 3. The number of hydrogen-bond donors (Lipinski definition) is 2. The van der Waals surface area contributed by atoms with E-state index in [1.165, 1.54) is 23.6 Å². The SMILES string of the molecule is O=C1COc2ccc(-c3csc(=NCCc4ccccc4)n3N=Cc3cc(Cl)cc([N+](=O)[O-])c3O)cc2N1. The number of carbonyl (C=O) groups is 1. The fourth-order valence-corrected chi connectivity index (χ4v) is 4.93. The van der Waals surface area contributed by atoms with E-state index in [1.54, 1.807) is 16.8 Å². The van der Waals surface area contributed by atoms with Crippen LogP contribution in [0, 0.1) is 10.1 Å². The zero-order valence-electron chi connectivity index (χ0n) is 19.7. The minimum atomic E-state index is -0.713. The molecule has 3 aromatic carbocycles. The van der Waals surface area contributed by atoms with Crippen molar-refractivity contribution in [3.8, 4) is 22.8 Å². The van der Waals surface area contributed by atoms with Crippen LogP contribution in [-0.2, 0) is 11.2 Å². The summed E-state index contributed by atoms with van der Waals surface area (Å²) >= 11 is 7.41. The van der Waals surface area contributed by atoms with Gasteiger partial charge in [-0.15, -0.1) is 11.3 Å². The van der Waals surface area contributed by atoms with Crippen LogP contribution in [0.3, 0.4) is 0 Å². The Bertz CT molecular complexity index is 1630. The summed E-state index contributed by atoms with van der Waals surface area (Å²) in [5.74, 6) is -0.236. The molecule has 0 bridgehead atoms.